The molecule has 0 unspecified atom stereocenters. The van der Waals surface area contributed by atoms with E-state index in [2.05, 4.69) is 0 Å². The highest BCUT2D eigenvalue weighted by Gasteiger charge is 2.49. The first kappa shape index (κ1) is 6.34. The van der Waals surface area contributed by atoms with E-state index in [1.807, 2.05) is 11.8 Å². The third-order valence-corrected chi connectivity index (χ3v) is 3.81. The Morgan fingerprint density at radius 3 is 2.40 bits per heavy atom. The predicted octanol–water partition coefficient (Wildman–Crippen LogP) is 0.114. The molecule has 0 aromatic rings. The van der Waals surface area contributed by atoms with Crippen molar-refractivity contribution in [1.82, 2.24) is 4.90 Å². The van der Waals surface area contributed by atoms with E-state index in [-0.39, 0.29) is 6.03 Å². The minimum absolute atomic E-state index is 0.262. The molecule has 2 saturated heterocycles. The van der Waals surface area contributed by atoms with Gasteiger partial charge >= 0.3 is 6.03 Å². The maximum Gasteiger partial charge on any atom is 0.314 e. The van der Waals surface area contributed by atoms with Crippen LogP contribution < -0.4 is 5.73 Å². The largest absolute Gasteiger partial charge is 0.351 e. The Balaban J connectivity index is 1.88. The smallest absolute Gasteiger partial charge is 0.314 e. The number of hydrogen-bond donors (Lipinski definition) is 1. The van der Waals surface area contributed by atoms with E-state index in [0.717, 1.165) is 13.1 Å². The zero-order valence-corrected chi connectivity index (χ0v) is 6.49. The number of nitrogens with two attached hydrogens (primary N) is 1. The molecule has 1 spiro atoms. The highest BCUT2D eigenvalue weighted by atomic mass is 32.2. The van der Waals surface area contributed by atoms with Gasteiger partial charge in [-0.05, 0) is 0 Å². The van der Waals surface area contributed by atoms with Crippen molar-refractivity contribution in [1.29, 1.82) is 0 Å². The van der Waals surface area contributed by atoms with E-state index in [1.54, 1.807) is 4.90 Å². The highest BCUT2D eigenvalue weighted by molar-refractivity contribution is 8.00. The summed E-state index contributed by atoms with van der Waals surface area (Å²) >= 11 is 1.95. The number of urea groups is 1. The van der Waals surface area contributed by atoms with Crippen molar-refractivity contribution in [2.75, 3.05) is 24.6 Å². The molecule has 2 N–H and O–H groups in total. The normalized spacial score (nSPS) is 27.4. The number of carbonyl (C=O) groups is 1. The highest BCUT2D eigenvalue weighted by Crippen LogP contribution is 2.44. The van der Waals surface area contributed by atoms with Crippen LogP contribution in [-0.2, 0) is 0 Å². The van der Waals surface area contributed by atoms with Crippen molar-refractivity contribution in [3.63, 3.8) is 0 Å². The van der Waals surface area contributed by atoms with Crippen molar-refractivity contribution < 1.29 is 4.79 Å². The lowest BCUT2D eigenvalue weighted by Crippen LogP contribution is -2.65. The molecule has 10 heavy (non-hydrogen) atoms. The van der Waals surface area contributed by atoms with E-state index in [0.29, 0.717) is 5.41 Å². The summed E-state index contributed by atoms with van der Waals surface area (Å²) < 4.78 is 0. The lowest BCUT2D eigenvalue weighted by atomic mass is 9.83. The molecule has 0 bridgehead atoms. The quantitative estimate of drug-likeness (QED) is 0.544. The molecule has 2 fully saturated rings. The van der Waals surface area contributed by atoms with E-state index in [4.69, 9.17) is 5.73 Å². The zero-order chi connectivity index (χ0) is 7.19. The summed E-state index contributed by atoms with van der Waals surface area (Å²) in [5, 5.41) is 0. The summed E-state index contributed by atoms with van der Waals surface area (Å²) in [6, 6.07) is -0.262. The number of amides is 2. The maximum absolute atomic E-state index is 10.6. The monoisotopic (exact) mass is 158 g/mol. The fourth-order valence-electron chi connectivity index (χ4n) is 1.49. The molecule has 3 nitrogen and oxygen atoms in total. The Hall–Kier alpha value is -0.380. The van der Waals surface area contributed by atoms with Crippen LogP contribution in [0.25, 0.3) is 0 Å². The SMILES string of the molecule is NC(=O)N1CC2(CSC2)C1. The van der Waals surface area contributed by atoms with E-state index >= 15 is 0 Å². The third kappa shape index (κ3) is 0.714. The Bertz CT molecular complexity index is 171. The van der Waals surface area contributed by atoms with Crippen LogP contribution in [0.2, 0.25) is 0 Å². The van der Waals surface area contributed by atoms with E-state index in [1.165, 1.54) is 11.5 Å². The zero-order valence-electron chi connectivity index (χ0n) is 5.67. The molecule has 2 aliphatic rings. The van der Waals surface area contributed by atoms with Gasteiger partial charge in [-0.25, -0.2) is 4.79 Å². The van der Waals surface area contributed by atoms with Crippen LogP contribution in [-0.4, -0.2) is 35.5 Å². The summed E-state index contributed by atoms with van der Waals surface area (Å²) in [5.41, 5.74) is 5.56. The van der Waals surface area contributed by atoms with Gasteiger partial charge < -0.3 is 10.6 Å². The average molecular weight is 158 g/mol. The van der Waals surface area contributed by atoms with Crippen LogP contribution in [0.1, 0.15) is 0 Å². The number of likely N-dealkylation sites (tertiary alicyclic amines) is 1. The van der Waals surface area contributed by atoms with Gasteiger partial charge in [0.05, 0.1) is 0 Å². The van der Waals surface area contributed by atoms with Gasteiger partial charge in [0.15, 0.2) is 0 Å². The topological polar surface area (TPSA) is 46.3 Å². The van der Waals surface area contributed by atoms with Gasteiger partial charge in [-0.3, -0.25) is 0 Å². The molecule has 56 valence electrons. The van der Waals surface area contributed by atoms with Crippen LogP contribution in [0.5, 0.6) is 0 Å². The molecule has 4 heteroatoms. The van der Waals surface area contributed by atoms with Crippen molar-refractivity contribution in [3.05, 3.63) is 0 Å². The molecule has 0 aromatic heterocycles. The second-order valence-corrected chi connectivity index (χ2v) is 4.17. The molecular formula is C6H10N2OS. The van der Waals surface area contributed by atoms with Crippen molar-refractivity contribution in [2.24, 2.45) is 11.1 Å². The fraction of sp³-hybridized carbons (Fsp3) is 0.833. The van der Waals surface area contributed by atoms with Crippen molar-refractivity contribution in [2.45, 2.75) is 0 Å². The first-order valence-corrected chi connectivity index (χ1v) is 4.50. The number of hydrogen-bond acceptors (Lipinski definition) is 2. The second-order valence-electron chi connectivity index (χ2n) is 3.19. The van der Waals surface area contributed by atoms with Gasteiger partial charge in [-0.1, -0.05) is 0 Å². The minimum atomic E-state index is -0.262. The van der Waals surface area contributed by atoms with E-state index < -0.39 is 0 Å². The molecule has 0 radical (unpaired) electrons. The summed E-state index contributed by atoms with van der Waals surface area (Å²) in [4.78, 5) is 12.3. The number of primary amides is 1. The Kier molecular flexibility index (Phi) is 1.15. The molecule has 0 atom stereocenters. The molecule has 0 aromatic carbocycles. The molecule has 0 saturated carbocycles. The average Bonchev–Trinajstić information content (AvgIpc) is 1.54. The minimum Gasteiger partial charge on any atom is -0.351 e. The molecular weight excluding hydrogens is 148 g/mol. The molecule has 2 heterocycles. The van der Waals surface area contributed by atoms with Gasteiger partial charge in [0.1, 0.15) is 0 Å². The Morgan fingerprint density at radius 1 is 1.50 bits per heavy atom. The Labute approximate surface area is 63.9 Å². The predicted molar refractivity (Wildman–Crippen MR) is 40.9 cm³/mol. The number of nitrogens with zero attached hydrogens (tertiary/aromatic N) is 1. The van der Waals surface area contributed by atoms with Gasteiger partial charge in [0.2, 0.25) is 0 Å². The Morgan fingerprint density at radius 2 is 2.10 bits per heavy atom. The lowest BCUT2D eigenvalue weighted by molar-refractivity contribution is 0.0654. The van der Waals surface area contributed by atoms with Crippen LogP contribution >= 0.6 is 11.8 Å². The second kappa shape index (κ2) is 1.81. The van der Waals surface area contributed by atoms with Crippen LogP contribution in [0.4, 0.5) is 4.79 Å². The van der Waals surface area contributed by atoms with Gasteiger partial charge in [-0.2, -0.15) is 11.8 Å². The van der Waals surface area contributed by atoms with Crippen LogP contribution in [0.3, 0.4) is 0 Å². The molecule has 2 amide bonds. The van der Waals surface area contributed by atoms with Gasteiger partial charge in [0.25, 0.3) is 0 Å². The standard InChI is InChI=1S/C6H10N2OS/c7-5(9)8-1-6(2-8)3-10-4-6/h1-4H2,(H2,7,9). The lowest BCUT2D eigenvalue weighted by Gasteiger charge is -2.54. The van der Waals surface area contributed by atoms with Gasteiger partial charge in [-0.15, -0.1) is 0 Å². The number of rotatable bonds is 0. The summed E-state index contributed by atoms with van der Waals surface area (Å²) in [6.07, 6.45) is 0. The fourth-order valence-corrected chi connectivity index (χ4v) is 2.64. The van der Waals surface area contributed by atoms with E-state index in [9.17, 15) is 4.79 Å². The van der Waals surface area contributed by atoms with Crippen LogP contribution in [0, 0.1) is 5.41 Å². The van der Waals surface area contributed by atoms with Crippen LogP contribution in [0.15, 0.2) is 0 Å². The maximum atomic E-state index is 10.6. The number of thioether (sulfide) groups is 1. The molecule has 2 rings (SSSR count). The van der Waals surface area contributed by atoms with Crippen molar-refractivity contribution >= 4 is 17.8 Å². The first-order chi connectivity index (χ1) is 4.72. The van der Waals surface area contributed by atoms with Gasteiger partial charge in [0, 0.05) is 30.0 Å². The third-order valence-electron chi connectivity index (χ3n) is 2.18. The first-order valence-electron chi connectivity index (χ1n) is 3.34. The van der Waals surface area contributed by atoms with Crippen molar-refractivity contribution in [3.8, 4) is 0 Å². The summed E-state index contributed by atoms with van der Waals surface area (Å²) in [5.74, 6) is 2.44. The molecule has 0 aliphatic carbocycles. The number of carbonyl (C=O) groups excluding carboxylic acids is 1. The summed E-state index contributed by atoms with van der Waals surface area (Å²) in [6.45, 7) is 1.80. The summed E-state index contributed by atoms with van der Waals surface area (Å²) in [7, 11) is 0. The molecule has 2 aliphatic heterocycles.